The summed E-state index contributed by atoms with van der Waals surface area (Å²) in [4.78, 5) is 19.0. The van der Waals surface area contributed by atoms with E-state index in [0.29, 0.717) is 10.6 Å². The van der Waals surface area contributed by atoms with Gasteiger partial charge in [-0.2, -0.15) is 0 Å². The molecule has 4 rings (SSSR count). The first kappa shape index (κ1) is 16.1. The molecule has 0 fully saturated rings. The van der Waals surface area contributed by atoms with Crippen molar-refractivity contribution >= 4 is 38.8 Å². The van der Waals surface area contributed by atoms with Crippen LogP contribution >= 0.6 is 11.3 Å². The number of benzene rings is 1. The van der Waals surface area contributed by atoms with Crippen LogP contribution in [0, 0.1) is 6.92 Å². The number of nitrogens with zero attached hydrogens (tertiary/aromatic N) is 1. The van der Waals surface area contributed by atoms with E-state index in [4.69, 9.17) is 10.7 Å². The van der Waals surface area contributed by atoms with Crippen molar-refractivity contribution in [3.05, 3.63) is 52.0 Å². The first-order chi connectivity index (χ1) is 12.1. The Kier molecular flexibility index (Phi) is 4.17. The molecule has 5 heteroatoms. The smallest absolute Gasteiger partial charge is 0.267 e. The number of hydrogen-bond acceptors (Lipinski definition) is 4. The molecule has 0 spiro atoms. The van der Waals surface area contributed by atoms with Crippen molar-refractivity contribution in [2.45, 2.75) is 39.0 Å². The van der Waals surface area contributed by atoms with Crippen LogP contribution in [-0.2, 0) is 12.8 Å². The third kappa shape index (κ3) is 3.00. The van der Waals surface area contributed by atoms with Gasteiger partial charge in [-0.1, -0.05) is 24.6 Å². The van der Waals surface area contributed by atoms with Crippen LogP contribution < -0.4 is 11.1 Å². The Labute approximate surface area is 151 Å². The maximum atomic E-state index is 12.7. The van der Waals surface area contributed by atoms with Gasteiger partial charge in [0.25, 0.3) is 5.91 Å². The summed E-state index contributed by atoms with van der Waals surface area (Å²) in [7, 11) is 0. The minimum atomic E-state index is -0.162. The highest BCUT2D eigenvalue weighted by Gasteiger charge is 2.20. The van der Waals surface area contributed by atoms with Crippen LogP contribution in [0.25, 0.3) is 10.2 Å². The van der Waals surface area contributed by atoms with Crippen LogP contribution in [-0.4, -0.2) is 10.9 Å². The van der Waals surface area contributed by atoms with Crippen LogP contribution in [0.1, 0.15) is 45.8 Å². The molecule has 4 nitrogen and oxygen atoms in total. The number of carbonyl (C=O) groups excluding carboxylic acids is 1. The Bertz CT molecular complexity index is 961. The number of aromatic nitrogens is 1. The number of fused-ring (bicyclic) bond motifs is 2. The number of hydrogen-bond donors (Lipinski definition) is 2. The number of nitrogen functional groups attached to an aromatic ring is 1. The van der Waals surface area contributed by atoms with E-state index in [-0.39, 0.29) is 5.91 Å². The van der Waals surface area contributed by atoms with Gasteiger partial charge in [0.15, 0.2) is 0 Å². The molecule has 1 aliphatic rings. The van der Waals surface area contributed by atoms with Crippen molar-refractivity contribution in [3.63, 3.8) is 0 Å². The Balaban J connectivity index is 1.71. The fourth-order valence-corrected chi connectivity index (χ4v) is 4.39. The summed E-state index contributed by atoms with van der Waals surface area (Å²) in [5, 5.41) is 3.89. The van der Waals surface area contributed by atoms with E-state index < -0.39 is 0 Å². The number of amides is 1. The largest absolute Gasteiger partial charge is 0.397 e. The first-order valence-corrected chi connectivity index (χ1v) is 9.53. The Morgan fingerprint density at radius 2 is 2.00 bits per heavy atom. The Hall–Kier alpha value is -2.40. The molecule has 0 bridgehead atoms. The van der Waals surface area contributed by atoms with Gasteiger partial charge in [-0.15, -0.1) is 11.3 Å². The summed E-state index contributed by atoms with van der Waals surface area (Å²) in [5.41, 5.74) is 11.2. The summed E-state index contributed by atoms with van der Waals surface area (Å²) >= 11 is 1.39. The van der Waals surface area contributed by atoms with Gasteiger partial charge in [-0.25, -0.2) is 4.98 Å². The van der Waals surface area contributed by atoms with Gasteiger partial charge in [-0.05, 0) is 55.9 Å². The number of carbonyl (C=O) groups is 1. The van der Waals surface area contributed by atoms with Crippen molar-refractivity contribution in [3.8, 4) is 0 Å². The lowest BCUT2D eigenvalue weighted by atomic mass is 10.1. The van der Waals surface area contributed by atoms with E-state index in [2.05, 4.69) is 11.4 Å². The van der Waals surface area contributed by atoms with Crippen LogP contribution in [0.5, 0.6) is 0 Å². The zero-order valence-corrected chi connectivity index (χ0v) is 15.1. The SMILES string of the molecule is Cc1ccccc1NC(=O)c1sc2nc3c(cc2c1N)CCCCC3. The fourth-order valence-electron chi connectivity index (χ4n) is 3.40. The van der Waals surface area contributed by atoms with Crippen molar-refractivity contribution in [1.29, 1.82) is 0 Å². The van der Waals surface area contributed by atoms with E-state index in [1.807, 2.05) is 31.2 Å². The monoisotopic (exact) mass is 351 g/mol. The standard InChI is InChI=1S/C20H21N3OS/c1-12-7-5-6-9-15(12)22-19(24)18-17(21)14-11-13-8-3-2-4-10-16(13)23-20(14)25-18/h5-7,9,11H,2-4,8,10,21H2,1H3,(H,22,24). The molecule has 3 aromatic rings. The van der Waals surface area contributed by atoms with Gasteiger partial charge in [0.2, 0.25) is 0 Å². The summed E-state index contributed by atoms with van der Waals surface area (Å²) in [5.74, 6) is -0.162. The van der Waals surface area contributed by atoms with Gasteiger partial charge in [-0.3, -0.25) is 4.79 Å². The van der Waals surface area contributed by atoms with Gasteiger partial charge < -0.3 is 11.1 Å². The third-order valence-corrected chi connectivity index (χ3v) is 5.96. The summed E-state index contributed by atoms with van der Waals surface area (Å²) < 4.78 is 0. The zero-order chi connectivity index (χ0) is 17.4. The van der Waals surface area contributed by atoms with Gasteiger partial charge in [0.1, 0.15) is 9.71 Å². The minimum Gasteiger partial charge on any atom is -0.397 e. The number of thiophene rings is 1. The van der Waals surface area contributed by atoms with Crippen LogP contribution in [0.3, 0.4) is 0 Å². The average Bonchev–Trinajstić information content (AvgIpc) is 2.78. The van der Waals surface area contributed by atoms with Gasteiger partial charge >= 0.3 is 0 Å². The number of anilines is 2. The van der Waals surface area contributed by atoms with Crippen LogP contribution in [0.2, 0.25) is 0 Å². The molecule has 1 aromatic carbocycles. The lowest BCUT2D eigenvalue weighted by Gasteiger charge is -2.07. The molecule has 128 valence electrons. The molecule has 0 atom stereocenters. The van der Waals surface area contributed by atoms with Crippen LogP contribution in [0.4, 0.5) is 11.4 Å². The normalized spacial score (nSPS) is 14.1. The van der Waals surface area contributed by atoms with Crippen LogP contribution in [0.15, 0.2) is 30.3 Å². The summed E-state index contributed by atoms with van der Waals surface area (Å²) in [6, 6.07) is 9.89. The number of aryl methyl sites for hydroxylation is 3. The minimum absolute atomic E-state index is 0.162. The molecule has 1 aliphatic carbocycles. The number of nitrogens with one attached hydrogen (secondary N) is 1. The molecular weight excluding hydrogens is 330 g/mol. The lowest BCUT2D eigenvalue weighted by molar-refractivity contribution is 0.103. The highest BCUT2D eigenvalue weighted by Crippen LogP contribution is 2.35. The Morgan fingerprint density at radius 1 is 1.20 bits per heavy atom. The molecule has 0 aliphatic heterocycles. The van der Waals surface area contributed by atoms with Crippen molar-refractivity contribution < 1.29 is 4.79 Å². The maximum absolute atomic E-state index is 12.7. The quantitative estimate of drug-likeness (QED) is 0.657. The van der Waals surface area contributed by atoms with Crippen molar-refractivity contribution in [1.82, 2.24) is 4.98 Å². The lowest BCUT2D eigenvalue weighted by Crippen LogP contribution is -2.12. The number of para-hydroxylation sites is 1. The summed E-state index contributed by atoms with van der Waals surface area (Å²) in [6.07, 6.45) is 5.72. The third-order valence-electron chi connectivity index (χ3n) is 4.85. The average molecular weight is 351 g/mol. The molecule has 2 heterocycles. The van der Waals surface area contributed by atoms with Gasteiger partial charge in [0, 0.05) is 16.8 Å². The molecule has 3 N–H and O–H groups in total. The second-order valence-corrected chi connectivity index (χ2v) is 7.62. The second kappa shape index (κ2) is 6.48. The number of pyridine rings is 1. The summed E-state index contributed by atoms with van der Waals surface area (Å²) in [6.45, 7) is 1.97. The zero-order valence-electron chi connectivity index (χ0n) is 14.3. The van der Waals surface area contributed by atoms with E-state index in [9.17, 15) is 4.79 Å². The predicted molar refractivity (Wildman–Crippen MR) is 104 cm³/mol. The van der Waals surface area contributed by atoms with E-state index in [0.717, 1.165) is 34.3 Å². The van der Waals surface area contributed by atoms with Gasteiger partial charge in [0.05, 0.1) is 5.69 Å². The predicted octanol–water partition coefficient (Wildman–Crippen LogP) is 4.71. The van der Waals surface area contributed by atoms with E-state index in [1.54, 1.807) is 0 Å². The van der Waals surface area contributed by atoms with E-state index in [1.165, 1.54) is 41.9 Å². The molecule has 1 amide bonds. The van der Waals surface area contributed by atoms with E-state index >= 15 is 0 Å². The highest BCUT2D eigenvalue weighted by molar-refractivity contribution is 7.21. The van der Waals surface area contributed by atoms with Crippen molar-refractivity contribution in [2.75, 3.05) is 11.1 Å². The first-order valence-electron chi connectivity index (χ1n) is 8.71. The topological polar surface area (TPSA) is 68.0 Å². The molecular formula is C20H21N3OS. The highest BCUT2D eigenvalue weighted by atomic mass is 32.1. The molecule has 0 unspecified atom stereocenters. The molecule has 0 saturated heterocycles. The number of rotatable bonds is 2. The second-order valence-electron chi connectivity index (χ2n) is 6.62. The molecule has 25 heavy (non-hydrogen) atoms. The molecule has 2 aromatic heterocycles. The Morgan fingerprint density at radius 3 is 2.84 bits per heavy atom. The number of nitrogens with two attached hydrogens (primary N) is 1. The molecule has 0 saturated carbocycles. The maximum Gasteiger partial charge on any atom is 0.267 e. The fraction of sp³-hybridized carbons (Fsp3) is 0.300. The molecule has 0 radical (unpaired) electrons. The van der Waals surface area contributed by atoms with Crippen molar-refractivity contribution in [2.24, 2.45) is 0 Å².